The van der Waals surface area contributed by atoms with Gasteiger partial charge >= 0.3 is 5.97 Å². The van der Waals surface area contributed by atoms with Crippen molar-refractivity contribution in [1.82, 2.24) is 9.97 Å². The number of nitrogens with zero attached hydrogens (tertiary/aromatic N) is 2. The van der Waals surface area contributed by atoms with Crippen LogP contribution in [0.5, 0.6) is 0 Å². The Hall–Kier alpha value is -2.77. The summed E-state index contributed by atoms with van der Waals surface area (Å²) in [5, 5.41) is 2.87. The molecule has 0 amide bonds. The van der Waals surface area contributed by atoms with Gasteiger partial charge in [0.25, 0.3) is 0 Å². The average Bonchev–Trinajstić information content (AvgIpc) is 2.54. The Kier molecular flexibility index (Phi) is 4.73. The van der Waals surface area contributed by atoms with Gasteiger partial charge in [0.2, 0.25) is 11.6 Å². The summed E-state index contributed by atoms with van der Waals surface area (Å²) < 4.78 is 9.67. The maximum Gasteiger partial charge on any atom is 0.328 e. The van der Waals surface area contributed by atoms with Crippen LogP contribution in [0.4, 0.5) is 5.82 Å². The minimum Gasteiger partial charge on any atom is -0.492 e. The molecule has 23 heavy (non-hydrogen) atoms. The summed E-state index contributed by atoms with van der Waals surface area (Å²) in [6.45, 7) is 3.63. The highest BCUT2D eigenvalue weighted by Gasteiger charge is 2.33. The number of anilines is 1. The van der Waals surface area contributed by atoms with Crippen LogP contribution in [0.2, 0.25) is 0 Å². The van der Waals surface area contributed by atoms with E-state index in [-0.39, 0.29) is 28.8 Å². The molecule has 1 aliphatic rings. The van der Waals surface area contributed by atoms with Crippen molar-refractivity contribution in [3.8, 4) is 0 Å². The number of hydrogen-bond donors (Lipinski definition) is 1. The van der Waals surface area contributed by atoms with Crippen molar-refractivity contribution in [2.24, 2.45) is 5.92 Å². The molecule has 122 valence electrons. The molecule has 0 aliphatic heterocycles. The zero-order valence-corrected chi connectivity index (χ0v) is 13.2. The molecule has 8 heteroatoms. The molecule has 1 heterocycles. The average molecular weight is 319 g/mol. The molecule has 0 saturated carbocycles. The minimum absolute atomic E-state index is 0.00796. The lowest BCUT2D eigenvalue weighted by molar-refractivity contribution is -0.142. The predicted octanol–water partition coefficient (Wildman–Crippen LogP) is 0.995. The van der Waals surface area contributed by atoms with E-state index in [9.17, 15) is 14.4 Å². The highest BCUT2D eigenvalue weighted by Crippen LogP contribution is 2.26. The minimum atomic E-state index is -0.723. The Bertz CT molecular complexity index is 696. The highest BCUT2D eigenvalue weighted by atomic mass is 16.5. The fourth-order valence-corrected chi connectivity index (χ4v) is 2.20. The Labute approximate surface area is 132 Å². The van der Waals surface area contributed by atoms with Gasteiger partial charge in [-0.25, -0.2) is 14.8 Å². The van der Waals surface area contributed by atoms with Crippen LogP contribution >= 0.6 is 0 Å². The number of Topliss-reactive ketones (excluding diaryl/α,β-unsaturated/α-hetero) is 1. The number of nitrogens with one attached hydrogen (secondary N) is 1. The maximum absolute atomic E-state index is 12.4. The first-order valence-corrected chi connectivity index (χ1v) is 6.94. The number of methoxy groups -OCH3 is 2. The normalized spacial score (nSPS) is 14.9. The smallest absolute Gasteiger partial charge is 0.328 e. The number of carbonyl (C=O) groups excluding carboxylic acids is 3. The Balaban J connectivity index is 2.48. The first-order valence-electron chi connectivity index (χ1n) is 6.94. The molecule has 0 spiro atoms. The predicted molar refractivity (Wildman–Crippen MR) is 80.0 cm³/mol. The fraction of sp³-hybridized carbons (Fsp3) is 0.400. The van der Waals surface area contributed by atoms with Crippen molar-refractivity contribution in [1.29, 1.82) is 0 Å². The van der Waals surface area contributed by atoms with Crippen LogP contribution in [-0.4, -0.2) is 47.8 Å². The number of allylic oxidation sites excluding steroid dienone is 2. The zero-order chi connectivity index (χ0) is 17.1. The first-order chi connectivity index (χ1) is 10.9. The third kappa shape index (κ3) is 3.05. The molecule has 0 radical (unpaired) electrons. The van der Waals surface area contributed by atoms with Crippen LogP contribution in [0.15, 0.2) is 18.2 Å². The molecule has 0 aromatic carbocycles. The molecule has 1 aliphatic carbocycles. The second-order valence-electron chi connectivity index (χ2n) is 5.24. The summed E-state index contributed by atoms with van der Waals surface area (Å²) in [5.74, 6) is -1.59. The SMILES string of the molecule is COC(=O)C(Nc1ncnc2c1C(=O)C(OC)=CC2=O)C(C)C. The van der Waals surface area contributed by atoms with Gasteiger partial charge in [0.1, 0.15) is 23.9 Å². The molecule has 1 atom stereocenters. The number of rotatable bonds is 5. The van der Waals surface area contributed by atoms with Crippen molar-refractivity contribution in [3.05, 3.63) is 29.4 Å². The van der Waals surface area contributed by atoms with Crippen molar-refractivity contribution in [2.75, 3.05) is 19.5 Å². The monoisotopic (exact) mass is 319 g/mol. The summed E-state index contributed by atoms with van der Waals surface area (Å²) in [7, 11) is 2.57. The lowest BCUT2D eigenvalue weighted by atomic mass is 9.97. The summed E-state index contributed by atoms with van der Waals surface area (Å²) in [6.07, 6.45) is 2.24. The number of hydrogen-bond acceptors (Lipinski definition) is 8. The van der Waals surface area contributed by atoms with E-state index in [2.05, 4.69) is 15.3 Å². The van der Waals surface area contributed by atoms with Crippen LogP contribution in [0.25, 0.3) is 0 Å². The van der Waals surface area contributed by atoms with E-state index in [1.807, 2.05) is 13.8 Å². The van der Waals surface area contributed by atoms with E-state index >= 15 is 0 Å². The van der Waals surface area contributed by atoms with Crippen molar-refractivity contribution < 1.29 is 23.9 Å². The lowest BCUT2D eigenvalue weighted by Gasteiger charge is -2.23. The van der Waals surface area contributed by atoms with Crippen LogP contribution < -0.4 is 5.32 Å². The molecule has 1 N–H and O–H groups in total. The first kappa shape index (κ1) is 16.6. The van der Waals surface area contributed by atoms with E-state index in [0.29, 0.717) is 0 Å². The number of esters is 1. The molecule has 8 nitrogen and oxygen atoms in total. The molecule has 1 unspecified atom stereocenters. The van der Waals surface area contributed by atoms with E-state index in [0.717, 1.165) is 12.4 Å². The van der Waals surface area contributed by atoms with Gasteiger partial charge in [-0.15, -0.1) is 0 Å². The van der Waals surface area contributed by atoms with Crippen LogP contribution in [-0.2, 0) is 14.3 Å². The molecule has 1 aromatic heterocycles. The number of ether oxygens (including phenoxy) is 2. The molecular formula is C15H17N3O5. The molecular weight excluding hydrogens is 302 g/mol. The quantitative estimate of drug-likeness (QED) is 0.801. The van der Waals surface area contributed by atoms with Gasteiger partial charge in [-0.05, 0) is 5.92 Å². The standard InChI is InChI=1S/C15H17N3O5/c1-7(2)11(15(21)23-4)18-14-10-12(16-6-17-14)8(19)5-9(22-3)13(10)20/h5-7,11H,1-4H3,(H,16,17,18). The molecule has 2 rings (SSSR count). The number of carbonyl (C=O) groups is 3. The number of fused-ring (bicyclic) bond motifs is 1. The van der Waals surface area contributed by atoms with E-state index in [1.165, 1.54) is 14.2 Å². The number of aromatic nitrogens is 2. The zero-order valence-electron chi connectivity index (χ0n) is 13.2. The third-order valence-electron chi connectivity index (χ3n) is 3.43. The van der Waals surface area contributed by atoms with Gasteiger partial charge in [0.15, 0.2) is 5.76 Å². The lowest BCUT2D eigenvalue weighted by Crippen LogP contribution is -2.37. The van der Waals surface area contributed by atoms with Gasteiger partial charge < -0.3 is 14.8 Å². The summed E-state index contributed by atoms with van der Waals surface area (Å²) >= 11 is 0. The van der Waals surface area contributed by atoms with Gasteiger partial charge in [0.05, 0.1) is 19.8 Å². The van der Waals surface area contributed by atoms with Crippen molar-refractivity contribution >= 4 is 23.4 Å². The van der Waals surface area contributed by atoms with Crippen molar-refractivity contribution in [2.45, 2.75) is 19.9 Å². The van der Waals surface area contributed by atoms with Crippen molar-refractivity contribution in [3.63, 3.8) is 0 Å². The molecule has 0 bridgehead atoms. The van der Waals surface area contributed by atoms with Crippen LogP contribution in [0, 0.1) is 5.92 Å². The molecule has 0 saturated heterocycles. The summed E-state index contributed by atoms with van der Waals surface area (Å²) in [4.78, 5) is 44.2. The van der Waals surface area contributed by atoms with E-state index < -0.39 is 23.6 Å². The van der Waals surface area contributed by atoms with Gasteiger partial charge in [0, 0.05) is 6.08 Å². The number of ketones is 2. The Morgan fingerprint density at radius 3 is 2.48 bits per heavy atom. The summed E-state index contributed by atoms with van der Waals surface area (Å²) in [6, 6.07) is -0.723. The molecule has 0 fully saturated rings. The topological polar surface area (TPSA) is 107 Å². The highest BCUT2D eigenvalue weighted by molar-refractivity contribution is 6.24. The largest absolute Gasteiger partial charge is 0.492 e. The molecule has 1 aromatic rings. The Morgan fingerprint density at radius 1 is 1.22 bits per heavy atom. The second-order valence-corrected chi connectivity index (χ2v) is 5.24. The third-order valence-corrected chi connectivity index (χ3v) is 3.43. The van der Waals surface area contributed by atoms with Gasteiger partial charge in [-0.1, -0.05) is 13.8 Å². The second kappa shape index (κ2) is 6.55. The fourth-order valence-electron chi connectivity index (χ4n) is 2.20. The van der Waals surface area contributed by atoms with Gasteiger partial charge in [-0.3, -0.25) is 9.59 Å². The summed E-state index contributed by atoms with van der Waals surface area (Å²) in [5.41, 5.74) is -0.0351. The van der Waals surface area contributed by atoms with Gasteiger partial charge in [-0.2, -0.15) is 0 Å². The maximum atomic E-state index is 12.4. The Morgan fingerprint density at radius 2 is 1.91 bits per heavy atom. The van der Waals surface area contributed by atoms with Crippen LogP contribution in [0.3, 0.4) is 0 Å². The van der Waals surface area contributed by atoms with E-state index in [4.69, 9.17) is 9.47 Å². The van der Waals surface area contributed by atoms with Crippen LogP contribution in [0.1, 0.15) is 34.7 Å². The van der Waals surface area contributed by atoms with E-state index in [1.54, 1.807) is 0 Å².